The highest BCUT2D eigenvalue weighted by atomic mass is 127. The zero-order chi connectivity index (χ0) is 17.5. The van der Waals surface area contributed by atoms with Gasteiger partial charge in [-0.1, -0.05) is 48.6 Å². The fourth-order valence-electron chi connectivity index (χ4n) is 2.80. The van der Waals surface area contributed by atoms with Gasteiger partial charge >= 0.3 is 6.03 Å². The number of rotatable bonds is 4. The van der Waals surface area contributed by atoms with Crippen molar-refractivity contribution in [2.24, 2.45) is 0 Å². The van der Waals surface area contributed by atoms with E-state index in [-0.39, 0.29) is 6.03 Å². The molecule has 0 saturated carbocycles. The topological polar surface area (TPSA) is 35.6 Å². The lowest BCUT2D eigenvalue weighted by Gasteiger charge is -2.34. The number of nitrogens with one attached hydrogen (secondary N) is 1. The largest absolute Gasteiger partial charge is 0.322 e. The summed E-state index contributed by atoms with van der Waals surface area (Å²) in [6.45, 7) is 4.24. The Morgan fingerprint density at radius 2 is 1.80 bits per heavy atom. The molecule has 25 heavy (non-hydrogen) atoms. The van der Waals surface area contributed by atoms with E-state index < -0.39 is 0 Å². The summed E-state index contributed by atoms with van der Waals surface area (Å²) in [5.41, 5.74) is 2.07. The van der Waals surface area contributed by atoms with E-state index >= 15 is 0 Å². The first-order valence-corrected chi connectivity index (χ1v) is 9.54. The smallest absolute Gasteiger partial charge is 0.321 e. The van der Waals surface area contributed by atoms with E-state index in [1.807, 2.05) is 47.4 Å². The minimum Gasteiger partial charge on any atom is -0.322 e. The van der Waals surface area contributed by atoms with Crippen LogP contribution < -0.4 is 5.32 Å². The van der Waals surface area contributed by atoms with Crippen LogP contribution in [-0.4, -0.2) is 48.6 Å². The first kappa shape index (κ1) is 17.9. The number of halogens is 1. The molecular formula is C20H22IN3O. The molecule has 0 atom stereocenters. The van der Waals surface area contributed by atoms with Crippen LogP contribution in [0.1, 0.15) is 5.56 Å². The lowest BCUT2D eigenvalue weighted by molar-refractivity contribution is 0.156. The first-order chi connectivity index (χ1) is 12.2. The van der Waals surface area contributed by atoms with Gasteiger partial charge in [-0.15, -0.1) is 0 Å². The summed E-state index contributed by atoms with van der Waals surface area (Å²) in [7, 11) is 0. The summed E-state index contributed by atoms with van der Waals surface area (Å²) in [4.78, 5) is 16.6. The molecule has 5 heteroatoms. The number of nitrogens with zero attached hydrogens (tertiary/aromatic N) is 2. The molecule has 0 radical (unpaired) electrons. The molecule has 4 nitrogen and oxygen atoms in total. The Balaban J connectivity index is 1.43. The monoisotopic (exact) mass is 447 g/mol. The highest BCUT2D eigenvalue weighted by Gasteiger charge is 2.20. The molecule has 0 aliphatic carbocycles. The van der Waals surface area contributed by atoms with Crippen molar-refractivity contribution >= 4 is 40.4 Å². The molecule has 0 unspecified atom stereocenters. The second-order valence-electron chi connectivity index (χ2n) is 6.04. The number of anilines is 1. The molecule has 0 aromatic heterocycles. The second kappa shape index (κ2) is 9.01. The van der Waals surface area contributed by atoms with E-state index in [1.165, 1.54) is 5.56 Å². The van der Waals surface area contributed by atoms with Gasteiger partial charge in [0.05, 0.1) is 0 Å². The normalized spacial score (nSPS) is 15.5. The van der Waals surface area contributed by atoms with Gasteiger partial charge in [0.15, 0.2) is 0 Å². The van der Waals surface area contributed by atoms with Gasteiger partial charge in [0, 0.05) is 42.0 Å². The Labute approximate surface area is 162 Å². The highest BCUT2D eigenvalue weighted by molar-refractivity contribution is 14.1. The van der Waals surface area contributed by atoms with Gasteiger partial charge < -0.3 is 10.2 Å². The SMILES string of the molecule is O=C(Nc1cccc(I)c1)N1CCN(CC=Cc2ccccc2)CC1. The van der Waals surface area contributed by atoms with Crippen molar-refractivity contribution in [2.75, 3.05) is 38.0 Å². The zero-order valence-electron chi connectivity index (χ0n) is 14.1. The quantitative estimate of drug-likeness (QED) is 0.715. The van der Waals surface area contributed by atoms with E-state index in [9.17, 15) is 4.79 Å². The maximum atomic E-state index is 12.4. The number of benzene rings is 2. The Morgan fingerprint density at radius 3 is 2.52 bits per heavy atom. The summed E-state index contributed by atoms with van der Waals surface area (Å²) in [5.74, 6) is 0. The van der Waals surface area contributed by atoms with Crippen molar-refractivity contribution in [3.8, 4) is 0 Å². The molecule has 0 spiro atoms. The Hall–Kier alpha value is -1.86. The zero-order valence-corrected chi connectivity index (χ0v) is 16.2. The van der Waals surface area contributed by atoms with Crippen LogP contribution in [0.25, 0.3) is 6.08 Å². The van der Waals surface area contributed by atoms with Gasteiger partial charge in [0.25, 0.3) is 0 Å². The van der Waals surface area contributed by atoms with Gasteiger partial charge in [-0.25, -0.2) is 4.79 Å². The van der Waals surface area contributed by atoms with Crippen LogP contribution in [0.15, 0.2) is 60.7 Å². The summed E-state index contributed by atoms with van der Waals surface area (Å²) in [5, 5.41) is 2.98. The average molecular weight is 447 g/mol. The van der Waals surface area contributed by atoms with Crippen molar-refractivity contribution in [3.63, 3.8) is 0 Å². The second-order valence-corrected chi connectivity index (χ2v) is 7.29. The molecule has 1 aliphatic heterocycles. The Morgan fingerprint density at radius 1 is 1.04 bits per heavy atom. The average Bonchev–Trinajstić information content (AvgIpc) is 2.63. The molecule has 1 N–H and O–H groups in total. The first-order valence-electron chi connectivity index (χ1n) is 8.46. The fourth-order valence-corrected chi connectivity index (χ4v) is 3.35. The van der Waals surface area contributed by atoms with Crippen LogP contribution in [0.5, 0.6) is 0 Å². The van der Waals surface area contributed by atoms with Crippen molar-refractivity contribution in [2.45, 2.75) is 0 Å². The Bertz CT molecular complexity index is 725. The molecule has 130 valence electrons. The molecule has 1 heterocycles. The molecule has 1 aliphatic rings. The molecule has 1 fully saturated rings. The van der Waals surface area contributed by atoms with Crippen molar-refractivity contribution in [1.82, 2.24) is 9.80 Å². The summed E-state index contributed by atoms with van der Waals surface area (Å²) in [6.07, 6.45) is 4.34. The number of amides is 2. The molecular weight excluding hydrogens is 425 g/mol. The summed E-state index contributed by atoms with van der Waals surface area (Å²) in [6, 6.07) is 18.2. The molecule has 3 rings (SSSR count). The number of piperazine rings is 1. The molecule has 2 amide bonds. The highest BCUT2D eigenvalue weighted by Crippen LogP contribution is 2.13. The minimum absolute atomic E-state index is 0.0125. The third kappa shape index (κ3) is 5.57. The van der Waals surface area contributed by atoms with Crippen molar-refractivity contribution in [1.29, 1.82) is 0 Å². The van der Waals surface area contributed by atoms with Crippen LogP contribution in [0, 0.1) is 3.57 Å². The van der Waals surface area contributed by atoms with Crippen LogP contribution in [0.3, 0.4) is 0 Å². The van der Waals surface area contributed by atoms with Gasteiger partial charge in [0.1, 0.15) is 0 Å². The van der Waals surface area contributed by atoms with Crippen LogP contribution in [0.4, 0.5) is 10.5 Å². The lowest BCUT2D eigenvalue weighted by Crippen LogP contribution is -2.49. The minimum atomic E-state index is -0.0125. The number of hydrogen-bond donors (Lipinski definition) is 1. The van der Waals surface area contributed by atoms with E-state index in [0.717, 1.165) is 42.0 Å². The lowest BCUT2D eigenvalue weighted by atomic mass is 10.2. The predicted octanol–water partition coefficient (Wildman–Crippen LogP) is 4.15. The van der Waals surface area contributed by atoms with E-state index in [1.54, 1.807) is 0 Å². The molecule has 2 aromatic rings. The number of hydrogen-bond acceptors (Lipinski definition) is 2. The van der Waals surface area contributed by atoms with Crippen LogP contribution >= 0.6 is 22.6 Å². The molecule has 0 bridgehead atoms. The van der Waals surface area contributed by atoms with E-state index in [4.69, 9.17) is 0 Å². The predicted molar refractivity (Wildman–Crippen MR) is 112 cm³/mol. The molecule has 2 aromatic carbocycles. The van der Waals surface area contributed by atoms with E-state index in [2.05, 4.69) is 57.1 Å². The Kier molecular flexibility index (Phi) is 6.47. The number of carbonyl (C=O) groups excluding carboxylic acids is 1. The van der Waals surface area contributed by atoms with Gasteiger partial charge in [0.2, 0.25) is 0 Å². The molecule has 1 saturated heterocycles. The standard InChI is InChI=1S/C20H22IN3O/c21-18-9-4-10-19(16-18)22-20(25)24-14-12-23(13-15-24)11-5-8-17-6-2-1-3-7-17/h1-10,16H,11-15H2,(H,22,25). The van der Waals surface area contributed by atoms with Crippen molar-refractivity contribution < 1.29 is 4.79 Å². The van der Waals surface area contributed by atoms with Gasteiger partial charge in [-0.2, -0.15) is 0 Å². The summed E-state index contributed by atoms with van der Waals surface area (Å²) >= 11 is 2.25. The van der Waals surface area contributed by atoms with Crippen LogP contribution in [0.2, 0.25) is 0 Å². The van der Waals surface area contributed by atoms with Crippen molar-refractivity contribution in [3.05, 3.63) is 69.8 Å². The third-order valence-electron chi connectivity index (χ3n) is 4.21. The number of urea groups is 1. The van der Waals surface area contributed by atoms with E-state index in [0.29, 0.717) is 0 Å². The summed E-state index contributed by atoms with van der Waals surface area (Å²) < 4.78 is 1.12. The maximum absolute atomic E-state index is 12.4. The maximum Gasteiger partial charge on any atom is 0.321 e. The van der Waals surface area contributed by atoms with Gasteiger partial charge in [-0.3, -0.25) is 4.90 Å². The van der Waals surface area contributed by atoms with Crippen LogP contribution in [-0.2, 0) is 0 Å². The third-order valence-corrected chi connectivity index (χ3v) is 4.88. The number of carbonyl (C=O) groups is 1. The fraction of sp³-hybridized carbons (Fsp3) is 0.250. The van der Waals surface area contributed by atoms with Gasteiger partial charge in [-0.05, 0) is 46.4 Å².